The van der Waals surface area contributed by atoms with Gasteiger partial charge in [-0.1, -0.05) is 34.1 Å². The Labute approximate surface area is 150 Å². The molecule has 0 unspecified atom stereocenters. The summed E-state index contributed by atoms with van der Waals surface area (Å²) in [5.74, 6) is -0.692. The molecule has 5 heteroatoms. The van der Waals surface area contributed by atoms with Crippen LogP contribution in [-0.2, 0) is 9.59 Å². The van der Waals surface area contributed by atoms with Gasteiger partial charge in [0.05, 0.1) is 0 Å². The molecule has 0 fully saturated rings. The SMILES string of the molecule is Cc1cccc(C)c1NC(=O)C(C)(C)C(=O)Nc1ccc(Br)cc1. The third-order valence-corrected chi connectivity index (χ3v) is 4.49. The minimum atomic E-state index is -1.21. The van der Waals surface area contributed by atoms with E-state index in [2.05, 4.69) is 26.6 Å². The fourth-order valence-electron chi connectivity index (χ4n) is 2.21. The highest BCUT2D eigenvalue weighted by Crippen LogP contribution is 2.25. The first-order chi connectivity index (χ1) is 11.2. The first-order valence-electron chi connectivity index (χ1n) is 7.66. The number of carbonyl (C=O) groups is 2. The Morgan fingerprint density at radius 1 is 0.875 bits per heavy atom. The van der Waals surface area contributed by atoms with Crippen LogP contribution in [0.3, 0.4) is 0 Å². The molecule has 0 radical (unpaired) electrons. The van der Waals surface area contributed by atoms with Crippen molar-refractivity contribution in [1.29, 1.82) is 0 Å². The summed E-state index contributed by atoms with van der Waals surface area (Å²) in [4.78, 5) is 25.2. The number of hydrogen-bond acceptors (Lipinski definition) is 2. The number of benzene rings is 2. The van der Waals surface area contributed by atoms with Crippen LogP contribution in [0.2, 0.25) is 0 Å². The van der Waals surface area contributed by atoms with Gasteiger partial charge in [-0.05, 0) is 63.1 Å². The van der Waals surface area contributed by atoms with Crippen LogP contribution in [-0.4, -0.2) is 11.8 Å². The van der Waals surface area contributed by atoms with E-state index in [9.17, 15) is 9.59 Å². The molecule has 2 amide bonds. The Hall–Kier alpha value is -2.14. The average molecular weight is 389 g/mol. The molecule has 2 aromatic carbocycles. The number of anilines is 2. The molecule has 2 rings (SSSR count). The molecule has 0 aliphatic heterocycles. The number of aryl methyl sites for hydroxylation is 2. The number of hydrogen-bond donors (Lipinski definition) is 2. The zero-order valence-corrected chi connectivity index (χ0v) is 15.8. The van der Waals surface area contributed by atoms with Gasteiger partial charge in [0.25, 0.3) is 0 Å². The highest BCUT2D eigenvalue weighted by molar-refractivity contribution is 9.10. The van der Waals surface area contributed by atoms with Crippen LogP contribution in [0.25, 0.3) is 0 Å². The first kappa shape index (κ1) is 18.2. The second-order valence-corrected chi connectivity index (χ2v) is 7.22. The quantitative estimate of drug-likeness (QED) is 0.747. The van der Waals surface area contributed by atoms with E-state index in [0.29, 0.717) is 5.69 Å². The molecule has 0 spiro atoms. The fourth-order valence-corrected chi connectivity index (χ4v) is 2.47. The number of carbonyl (C=O) groups excluding carboxylic acids is 2. The van der Waals surface area contributed by atoms with Gasteiger partial charge < -0.3 is 10.6 Å². The van der Waals surface area contributed by atoms with Crippen molar-refractivity contribution in [2.75, 3.05) is 10.6 Å². The van der Waals surface area contributed by atoms with Gasteiger partial charge in [-0.25, -0.2) is 0 Å². The minimum absolute atomic E-state index is 0.338. The number of amides is 2. The molecule has 126 valence electrons. The molecule has 0 aliphatic rings. The summed E-state index contributed by atoms with van der Waals surface area (Å²) in [5.41, 5.74) is 2.13. The van der Waals surface area contributed by atoms with E-state index in [-0.39, 0.29) is 11.8 Å². The van der Waals surface area contributed by atoms with E-state index >= 15 is 0 Å². The lowest BCUT2D eigenvalue weighted by Gasteiger charge is -2.24. The van der Waals surface area contributed by atoms with Crippen molar-refractivity contribution in [1.82, 2.24) is 0 Å². The molecule has 0 atom stereocenters. The Morgan fingerprint density at radius 3 is 1.92 bits per heavy atom. The van der Waals surface area contributed by atoms with Crippen LogP contribution in [0.5, 0.6) is 0 Å². The Morgan fingerprint density at radius 2 is 1.38 bits per heavy atom. The maximum absolute atomic E-state index is 12.6. The smallest absolute Gasteiger partial charge is 0.239 e. The van der Waals surface area contributed by atoms with Crippen LogP contribution in [0, 0.1) is 19.3 Å². The molecular weight excluding hydrogens is 368 g/mol. The second kappa shape index (κ2) is 7.18. The molecule has 4 nitrogen and oxygen atoms in total. The molecule has 0 bridgehead atoms. The van der Waals surface area contributed by atoms with Crippen molar-refractivity contribution in [2.24, 2.45) is 5.41 Å². The van der Waals surface area contributed by atoms with Gasteiger partial charge >= 0.3 is 0 Å². The van der Waals surface area contributed by atoms with Gasteiger partial charge in [0, 0.05) is 15.8 Å². The summed E-state index contributed by atoms with van der Waals surface area (Å²) >= 11 is 3.35. The summed E-state index contributed by atoms with van der Waals surface area (Å²) in [6, 6.07) is 13.0. The van der Waals surface area contributed by atoms with E-state index in [1.54, 1.807) is 26.0 Å². The van der Waals surface area contributed by atoms with Crippen LogP contribution >= 0.6 is 15.9 Å². The molecular formula is C19H21BrN2O2. The number of halogens is 1. The normalized spacial score (nSPS) is 11.0. The number of para-hydroxylation sites is 1. The van der Waals surface area contributed by atoms with Crippen molar-refractivity contribution in [3.8, 4) is 0 Å². The Balaban J connectivity index is 2.14. The van der Waals surface area contributed by atoms with Crippen LogP contribution in [0.1, 0.15) is 25.0 Å². The van der Waals surface area contributed by atoms with Gasteiger partial charge in [0.15, 0.2) is 0 Å². The molecule has 0 heterocycles. The van der Waals surface area contributed by atoms with E-state index in [1.165, 1.54) is 0 Å². The van der Waals surface area contributed by atoms with Gasteiger partial charge in [-0.15, -0.1) is 0 Å². The molecule has 0 saturated carbocycles. The molecule has 2 aromatic rings. The van der Waals surface area contributed by atoms with Crippen molar-refractivity contribution in [3.05, 3.63) is 58.1 Å². The molecule has 0 saturated heterocycles. The van der Waals surface area contributed by atoms with Crippen LogP contribution in [0.4, 0.5) is 11.4 Å². The lowest BCUT2D eigenvalue weighted by molar-refractivity contribution is -0.135. The zero-order chi connectivity index (χ0) is 17.9. The second-order valence-electron chi connectivity index (χ2n) is 6.31. The highest BCUT2D eigenvalue weighted by atomic mass is 79.9. The molecule has 0 aromatic heterocycles. The predicted octanol–water partition coefficient (Wildman–Crippen LogP) is 4.67. The summed E-state index contributed by atoms with van der Waals surface area (Å²) < 4.78 is 0.924. The van der Waals surface area contributed by atoms with E-state index in [4.69, 9.17) is 0 Å². The molecule has 24 heavy (non-hydrogen) atoms. The van der Waals surface area contributed by atoms with E-state index in [0.717, 1.165) is 21.3 Å². The van der Waals surface area contributed by atoms with Crippen LogP contribution in [0.15, 0.2) is 46.9 Å². The maximum Gasteiger partial charge on any atom is 0.239 e. The molecule has 0 aliphatic carbocycles. The maximum atomic E-state index is 12.6. The van der Waals surface area contributed by atoms with Crippen molar-refractivity contribution >= 4 is 39.1 Å². The van der Waals surface area contributed by atoms with Gasteiger partial charge in [0.1, 0.15) is 5.41 Å². The summed E-state index contributed by atoms with van der Waals surface area (Å²) in [7, 11) is 0. The van der Waals surface area contributed by atoms with Gasteiger partial charge in [-0.3, -0.25) is 9.59 Å². The monoisotopic (exact) mass is 388 g/mol. The van der Waals surface area contributed by atoms with Crippen molar-refractivity contribution in [3.63, 3.8) is 0 Å². The third kappa shape index (κ3) is 4.03. The first-order valence-corrected chi connectivity index (χ1v) is 8.46. The largest absolute Gasteiger partial charge is 0.325 e. The standard InChI is InChI=1S/C19H21BrN2O2/c1-12-6-5-7-13(2)16(12)22-18(24)19(3,4)17(23)21-15-10-8-14(20)9-11-15/h5-11H,1-4H3,(H,21,23)(H,22,24). The zero-order valence-electron chi connectivity index (χ0n) is 14.2. The van der Waals surface area contributed by atoms with Crippen molar-refractivity contribution < 1.29 is 9.59 Å². The van der Waals surface area contributed by atoms with Gasteiger partial charge in [0.2, 0.25) is 11.8 Å². The fraction of sp³-hybridized carbons (Fsp3) is 0.263. The molecule has 2 N–H and O–H groups in total. The summed E-state index contributed by atoms with van der Waals surface area (Å²) in [6.07, 6.45) is 0. The Bertz CT molecular complexity index is 747. The summed E-state index contributed by atoms with van der Waals surface area (Å²) in [6.45, 7) is 7.09. The lowest BCUT2D eigenvalue weighted by Crippen LogP contribution is -2.41. The van der Waals surface area contributed by atoms with E-state index < -0.39 is 5.41 Å². The van der Waals surface area contributed by atoms with Crippen molar-refractivity contribution in [2.45, 2.75) is 27.7 Å². The van der Waals surface area contributed by atoms with Gasteiger partial charge in [-0.2, -0.15) is 0 Å². The average Bonchev–Trinajstić information content (AvgIpc) is 2.53. The van der Waals surface area contributed by atoms with E-state index in [1.807, 2.05) is 44.2 Å². The lowest BCUT2D eigenvalue weighted by atomic mass is 9.90. The highest BCUT2D eigenvalue weighted by Gasteiger charge is 2.36. The van der Waals surface area contributed by atoms with Crippen LogP contribution < -0.4 is 10.6 Å². The Kier molecular flexibility index (Phi) is 5.44. The predicted molar refractivity (Wildman–Crippen MR) is 101 cm³/mol. The number of rotatable bonds is 4. The minimum Gasteiger partial charge on any atom is -0.325 e. The topological polar surface area (TPSA) is 58.2 Å². The third-order valence-electron chi connectivity index (χ3n) is 3.96. The summed E-state index contributed by atoms with van der Waals surface area (Å²) in [5, 5.41) is 5.67. The number of nitrogens with one attached hydrogen (secondary N) is 2.